The van der Waals surface area contributed by atoms with Crippen molar-refractivity contribution < 1.29 is 14.3 Å². The highest BCUT2D eigenvalue weighted by atomic mass is 16.5. The van der Waals surface area contributed by atoms with Gasteiger partial charge in [0.2, 0.25) is 5.91 Å². The molecular formula is C21H32N2O3. The van der Waals surface area contributed by atoms with Crippen molar-refractivity contribution in [2.45, 2.75) is 51.3 Å². The summed E-state index contributed by atoms with van der Waals surface area (Å²) in [4.78, 5) is 17.2. The highest BCUT2D eigenvalue weighted by Gasteiger charge is 2.45. The third kappa shape index (κ3) is 4.04. The summed E-state index contributed by atoms with van der Waals surface area (Å²) in [5, 5.41) is 0. The van der Waals surface area contributed by atoms with Crippen LogP contribution >= 0.6 is 0 Å². The van der Waals surface area contributed by atoms with E-state index in [-0.39, 0.29) is 5.91 Å². The van der Waals surface area contributed by atoms with Crippen LogP contribution in [0.5, 0.6) is 5.75 Å². The average Bonchev–Trinajstić information content (AvgIpc) is 2.61. The van der Waals surface area contributed by atoms with Gasteiger partial charge >= 0.3 is 0 Å². The monoisotopic (exact) mass is 360 g/mol. The Kier molecular flexibility index (Phi) is 6.20. The second kappa shape index (κ2) is 8.40. The van der Waals surface area contributed by atoms with E-state index < -0.39 is 0 Å². The molecule has 2 saturated heterocycles. The Balaban J connectivity index is 1.53. The maximum absolute atomic E-state index is 12.7. The number of hydrogen-bond donors (Lipinski definition) is 0. The molecule has 2 aliphatic rings. The standard InChI is InChI=1S/C21H32N2O3/c1-15(2)23-14-19(26-4)21(23)17-8-10-22(11-9-17)20(24)13-16-6-5-7-18(12-16)25-3/h5-7,12,15,17,19,21H,8-11,13-14H2,1-4H3/t19-,21-/m0/s1. The zero-order chi connectivity index (χ0) is 18.7. The van der Waals surface area contributed by atoms with Crippen LogP contribution < -0.4 is 4.74 Å². The molecule has 0 bridgehead atoms. The van der Waals surface area contributed by atoms with Crippen molar-refractivity contribution in [3.63, 3.8) is 0 Å². The second-order valence-corrected chi connectivity index (χ2v) is 7.80. The molecule has 2 fully saturated rings. The van der Waals surface area contributed by atoms with E-state index in [9.17, 15) is 4.79 Å². The quantitative estimate of drug-likeness (QED) is 0.782. The van der Waals surface area contributed by atoms with Gasteiger partial charge in [-0.3, -0.25) is 9.69 Å². The second-order valence-electron chi connectivity index (χ2n) is 7.80. The van der Waals surface area contributed by atoms with Gasteiger partial charge in [-0.1, -0.05) is 12.1 Å². The van der Waals surface area contributed by atoms with Crippen LogP contribution in [0.4, 0.5) is 0 Å². The number of piperidine rings is 1. The van der Waals surface area contributed by atoms with Crippen molar-refractivity contribution in [3.8, 4) is 5.75 Å². The summed E-state index contributed by atoms with van der Waals surface area (Å²) in [6.45, 7) is 7.25. The molecule has 2 aliphatic heterocycles. The fourth-order valence-electron chi connectivity index (χ4n) is 4.42. The number of benzene rings is 1. The van der Waals surface area contributed by atoms with Crippen molar-refractivity contribution in [1.29, 1.82) is 0 Å². The van der Waals surface area contributed by atoms with Crippen molar-refractivity contribution in [1.82, 2.24) is 9.80 Å². The largest absolute Gasteiger partial charge is 0.497 e. The summed E-state index contributed by atoms with van der Waals surface area (Å²) in [5.74, 6) is 1.64. The van der Waals surface area contributed by atoms with Crippen molar-refractivity contribution in [2.75, 3.05) is 33.9 Å². The average molecular weight is 360 g/mol. The van der Waals surface area contributed by atoms with Gasteiger partial charge in [0.05, 0.1) is 19.6 Å². The van der Waals surface area contributed by atoms with E-state index in [0.717, 1.165) is 43.8 Å². The molecule has 0 N–H and O–H groups in total. The van der Waals surface area contributed by atoms with Gasteiger partial charge in [-0.2, -0.15) is 0 Å². The summed E-state index contributed by atoms with van der Waals surface area (Å²) in [7, 11) is 3.47. The molecule has 0 aliphatic carbocycles. The molecule has 1 amide bonds. The zero-order valence-corrected chi connectivity index (χ0v) is 16.5. The van der Waals surface area contributed by atoms with Crippen LogP contribution in [0.25, 0.3) is 0 Å². The van der Waals surface area contributed by atoms with Gasteiger partial charge < -0.3 is 14.4 Å². The number of hydrogen-bond acceptors (Lipinski definition) is 4. The molecular weight excluding hydrogens is 328 g/mol. The van der Waals surface area contributed by atoms with E-state index in [1.807, 2.05) is 36.3 Å². The van der Waals surface area contributed by atoms with Crippen molar-refractivity contribution in [2.24, 2.45) is 5.92 Å². The first-order valence-corrected chi connectivity index (χ1v) is 9.72. The van der Waals surface area contributed by atoms with Crippen LogP contribution in [0.2, 0.25) is 0 Å². The van der Waals surface area contributed by atoms with Gasteiger partial charge in [-0.25, -0.2) is 0 Å². The number of ether oxygens (including phenoxy) is 2. The Morgan fingerprint density at radius 1 is 1.23 bits per heavy atom. The van der Waals surface area contributed by atoms with E-state index in [2.05, 4.69) is 18.7 Å². The minimum absolute atomic E-state index is 0.217. The molecule has 1 aromatic carbocycles. The van der Waals surface area contributed by atoms with E-state index in [1.54, 1.807) is 7.11 Å². The number of likely N-dealkylation sites (tertiary alicyclic amines) is 2. The van der Waals surface area contributed by atoms with Crippen molar-refractivity contribution in [3.05, 3.63) is 29.8 Å². The lowest BCUT2D eigenvalue weighted by molar-refractivity contribution is -0.140. The number of rotatable bonds is 6. The van der Waals surface area contributed by atoms with Crippen LogP contribution in [-0.2, 0) is 16.0 Å². The number of nitrogens with zero attached hydrogens (tertiary/aromatic N) is 2. The van der Waals surface area contributed by atoms with Crippen LogP contribution in [0.1, 0.15) is 32.3 Å². The van der Waals surface area contributed by atoms with Gasteiger partial charge in [0.15, 0.2) is 0 Å². The molecule has 5 heteroatoms. The first-order valence-electron chi connectivity index (χ1n) is 9.72. The highest BCUT2D eigenvalue weighted by Crippen LogP contribution is 2.35. The van der Waals surface area contributed by atoms with Gasteiger partial charge in [0.25, 0.3) is 0 Å². The van der Waals surface area contributed by atoms with E-state index in [1.165, 1.54) is 0 Å². The normalized spacial score (nSPS) is 24.6. The van der Waals surface area contributed by atoms with Gasteiger partial charge in [-0.15, -0.1) is 0 Å². The molecule has 2 heterocycles. The number of methoxy groups -OCH3 is 2. The topological polar surface area (TPSA) is 42.0 Å². The van der Waals surface area contributed by atoms with Crippen LogP contribution in [0.3, 0.4) is 0 Å². The molecule has 0 spiro atoms. The van der Waals surface area contributed by atoms with E-state index in [0.29, 0.717) is 30.5 Å². The molecule has 0 radical (unpaired) electrons. The first-order chi connectivity index (χ1) is 12.5. The number of carbonyl (C=O) groups is 1. The molecule has 0 unspecified atom stereocenters. The van der Waals surface area contributed by atoms with Crippen molar-refractivity contribution >= 4 is 5.91 Å². The molecule has 0 saturated carbocycles. The van der Waals surface area contributed by atoms with E-state index >= 15 is 0 Å². The fraction of sp³-hybridized carbons (Fsp3) is 0.667. The van der Waals surface area contributed by atoms with Gasteiger partial charge in [-0.05, 0) is 50.3 Å². The summed E-state index contributed by atoms with van der Waals surface area (Å²) in [5.41, 5.74) is 1.01. The molecule has 5 nitrogen and oxygen atoms in total. The van der Waals surface area contributed by atoms with Gasteiger partial charge in [0.1, 0.15) is 5.75 Å². The Bertz CT molecular complexity index is 611. The smallest absolute Gasteiger partial charge is 0.226 e. The molecule has 144 valence electrons. The zero-order valence-electron chi connectivity index (χ0n) is 16.5. The predicted molar refractivity (Wildman–Crippen MR) is 102 cm³/mol. The minimum Gasteiger partial charge on any atom is -0.497 e. The molecule has 3 rings (SSSR count). The predicted octanol–water partition coefficient (Wildman–Crippen LogP) is 2.58. The van der Waals surface area contributed by atoms with E-state index in [4.69, 9.17) is 9.47 Å². The Morgan fingerprint density at radius 2 is 1.96 bits per heavy atom. The first kappa shape index (κ1) is 19.2. The molecule has 2 atom stereocenters. The number of amides is 1. The Labute approximate surface area is 157 Å². The SMILES string of the molecule is COc1cccc(CC(=O)N2CCC([C@H]3[C@@H](OC)CN3C(C)C)CC2)c1. The van der Waals surface area contributed by atoms with Crippen LogP contribution in [0.15, 0.2) is 24.3 Å². The Morgan fingerprint density at radius 3 is 2.58 bits per heavy atom. The minimum atomic E-state index is 0.217. The summed E-state index contributed by atoms with van der Waals surface area (Å²) < 4.78 is 10.9. The summed E-state index contributed by atoms with van der Waals surface area (Å²) in [6.07, 6.45) is 2.93. The Hall–Kier alpha value is -1.59. The lowest BCUT2D eigenvalue weighted by Crippen LogP contribution is -2.66. The van der Waals surface area contributed by atoms with Crippen LogP contribution in [-0.4, -0.2) is 67.7 Å². The highest BCUT2D eigenvalue weighted by molar-refractivity contribution is 5.79. The molecule has 0 aromatic heterocycles. The van der Waals surface area contributed by atoms with Crippen LogP contribution in [0, 0.1) is 5.92 Å². The maximum atomic E-state index is 12.7. The lowest BCUT2D eigenvalue weighted by Gasteiger charge is -2.54. The summed E-state index contributed by atoms with van der Waals surface area (Å²) in [6, 6.07) is 8.85. The third-order valence-electron chi connectivity index (χ3n) is 5.99. The summed E-state index contributed by atoms with van der Waals surface area (Å²) >= 11 is 0. The lowest BCUT2D eigenvalue weighted by atomic mass is 9.79. The van der Waals surface area contributed by atoms with Gasteiger partial charge in [0, 0.05) is 38.8 Å². The molecule has 26 heavy (non-hydrogen) atoms. The third-order valence-corrected chi connectivity index (χ3v) is 5.99. The maximum Gasteiger partial charge on any atom is 0.226 e. The number of carbonyl (C=O) groups excluding carboxylic acids is 1. The fourth-order valence-corrected chi connectivity index (χ4v) is 4.42. The molecule has 1 aromatic rings.